The van der Waals surface area contributed by atoms with E-state index in [0.29, 0.717) is 23.3 Å². The summed E-state index contributed by atoms with van der Waals surface area (Å²) in [6.07, 6.45) is 3.45. The third-order valence-corrected chi connectivity index (χ3v) is 4.66. The normalized spacial score (nSPS) is 11.3. The van der Waals surface area contributed by atoms with E-state index in [2.05, 4.69) is 19.6 Å². The van der Waals surface area contributed by atoms with Crippen molar-refractivity contribution in [3.8, 4) is 0 Å². The molecule has 3 rings (SSSR count). The zero-order valence-electron chi connectivity index (χ0n) is 13.9. The van der Waals surface area contributed by atoms with Crippen LogP contribution in [-0.4, -0.2) is 49.4 Å². The number of hydrogen-bond donors (Lipinski definition) is 0. The largest absolute Gasteiger partial charge is 0.383 e. The van der Waals surface area contributed by atoms with Gasteiger partial charge >= 0.3 is 0 Å². The zero-order chi connectivity index (χ0) is 17.1. The number of aryl methyl sites for hydroxylation is 1. The molecule has 0 radical (unpaired) electrons. The maximum absolute atomic E-state index is 12.5. The average Bonchev–Trinajstić information content (AvgIpc) is 3.12. The van der Waals surface area contributed by atoms with Crippen molar-refractivity contribution in [2.45, 2.75) is 25.5 Å². The van der Waals surface area contributed by atoms with Crippen LogP contribution in [0.2, 0.25) is 0 Å². The molecule has 0 unspecified atom stereocenters. The van der Waals surface area contributed by atoms with Crippen LogP contribution in [0.15, 0.2) is 29.7 Å². The summed E-state index contributed by atoms with van der Waals surface area (Å²) >= 11 is 1.32. The highest BCUT2D eigenvalue weighted by atomic mass is 32.2. The molecule has 0 saturated heterocycles. The van der Waals surface area contributed by atoms with Gasteiger partial charge in [0.1, 0.15) is 0 Å². The van der Waals surface area contributed by atoms with E-state index in [4.69, 9.17) is 4.74 Å². The highest BCUT2D eigenvalue weighted by Crippen LogP contribution is 2.20. The van der Waals surface area contributed by atoms with Crippen LogP contribution in [0.25, 0.3) is 5.78 Å². The lowest BCUT2D eigenvalue weighted by atomic mass is 10.2. The van der Waals surface area contributed by atoms with Gasteiger partial charge < -0.3 is 9.30 Å². The lowest BCUT2D eigenvalue weighted by molar-refractivity contribution is 0.102. The smallest absolute Gasteiger partial charge is 0.253 e. The Hall–Kier alpha value is -2.19. The third kappa shape index (κ3) is 3.34. The van der Waals surface area contributed by atoms with Crippen molar-refractivity contribution in [1.82, 2.24) is 24.1 Å². The van der Waals surface area contributed by atoms with E-state index >= 15 is 0 Å². The molecule has 0 bridgehead atoms. The molecular weight excluding hydrogens is 326 g/mol. The molecule has 3 aromatic heterocycles. The molecular formula is C16H19N5O2S. The molecule has 0 aliphatic carbocycles. The summed E-state index contributed by atoms with van der Waals surface area (Å²) in [7, 11) is 1.67. The maximum atomic E-state index is 12.5. The monoisotopic (exact) mass is 345 g/mol. The lowest BCUT2D eigenvalue weighted by Crippen LogP contribution is -2.09. The van der Waals surface area contributed by atoms with E-state index in [1.54, 1.807) is 30.1 Å². The molecule has 3 aromatic rings. The minimum absolute atomic E-state index is 0.0728. The SMILES string of the molecule is COCCn1c(C)cc(C(=O)CSc2nc3ncccn3n2)c1C. The average molecular weight is 345 g/mol. The fraction of sp³-hybridized carbons (Fsp3) is 0.375. The van der Waals surface area contributed by atoms with Crippen LogP contribution >= 0.6 is 11.8 Å². The Morgan fingerprint density at radius 1 is 1.38 bits per heavy atom. The number of thioether (sulfide) groups is 1. The van der Waals surface area contributed by atoms with Gasteiger partial charge in [-0.2, -0.15) is 4.98 Å². The second kappa shape index (κ2) is 7.14. The Morgan fingerprint density at radius 3 is 2.96 bits per heavy atom. The number of methoxy groups -OCH3 is 1. The fourth-order valence-electron chi connectivity index (χ4n) is 2.59. The van der Waals surface area contributed by atoms with Crippen LogP contribution in [0.4, 0.5) is 0 Å². The number of fused-ring (bicyclic) bond motifs is 1. The first kappa shape index (κ1) is 16.7. The van der Waals surface area contributed by atoms with Gasteiger partial charge in [-0.1, -0.05) is 11.8 Å². The Balaban J connectivity index is 1.70. The molecule has 24 heavy (non-hydrogen) atoms. The van der Waals surface area contributed by atoms with E-state index in [0.717, 1.165) is 23.5 Å². The summed E-state index contributed by atoms with van der Waals surface area (Å²) in [5, 5.41) is 4.85. The van der Waals surface area contributed by atoms with Gasteiger partial charge in [-0.3, -0.25) is 4.79 Å². The number of rotatable bonds is 7. The van der Waals surface area contributed by atoms with Gasteiger partial charge in [0.25, 0.3) is 5.78 Å². The Morgan fingerprint density at radius 2 is 2.21 bits per heavy atom. The number of ether oxygens (including phenoxy) is 1. The molecule has 0 fully saturated rings. The van der Waals surface area contributed by atoms with Gasteiger partial charge in [0.05, 0.1) is 12.4 Å². The molecule has 8 heteroatoms. The number of nitrogens with zero attached hydrogens (tertiary/aromatic N) is 5. The number of ketones is 1. The quantitative estimate of drug-likeness (QED) is 0.483. The van der Waals surface area contributed by atoms with Crippen LogP contribution in [0, 0.1) is 13.8 Å². The molecule has 0 aliphatic rings. The molecule has 0 N–H and O–H groups in total. The van der Waals surface area contributed by atoms with E-state index in [1.165, 1.54) is 11.8 Å². The minimum Gasteiger partial charge on any atom is -0.383 e. The van der Waals surface area contributed by atoms with Crippen LogP contribution < -0.4 is 0 Å². The summed E-state index contributed by atoms with van der Waals surface area (Å²) in [4.78, 5) is 21.0. The van der Waals surface area contributed by atoms with E-state index < -0.39 is 0 Å². The van der Waals surface area contributed by atoms with Crippen LogP contribution in [-0.2, 0) is 11.3 Å². The summed E-state index contributed by atoms with van der Waals surface area (Å²) in [5.74, 6) is 0.902. The van der Waals surface area contributed by atoms with E-state index in [-0.39, 0.29) is 5.78 Å². The molecule has 0 amide bonds. The molecule has 0 saturated carbocycles. The first-order chi connectivity index (χ1) is 11.6. The van der Waals surface area contributed by atoms with Crippen molar-refractivity contribution >= 4 is 23.3 Å². The number of carbonyl (C=O) groups is 1. The molecule has 0 atom stereocenters. The maximum Gasteiger partial charge on any atom is 0.253 e. The molecule has 0 aromatic carbocycles. The van der Waals surface area contributed by atoms with Gasteiger partial charge in [0.15, 0.2) is 5.78 Å². The second-order valence-corrected chi connectivity index (χ2v) is 6.34. The first-order valence-electron chi connectivity index (χ1n) is 7.59. The van der Waals surface area contributed by atoms with Crippen molar-refractivity contribution in [3.63, 3.8) is 0 Å². The van der Waals surface area contributed by atoms with E-state index in [1.807, 2.05) is 19.9 Å². The van der Waals surface area contributed by atoms with Crippen LogP contribution in [0.5, 0.6) is 0 Å². The predicted octanol–water partition coefficient (Wildman–Crippen LogP) is 2.16. The third-order valence-electron chi connectivity index (χ3n) is 3.82. The Bertz CT molecular complexity index is 838. The topological polar surface area (TPSA) is 74.3 Å². The van der Waals surface area contributed by atoms with Crippen molar-refractivity contribution < 1.29 is 9.53 Å². The first-order valence-corrected chi connectivity index (χ1v) is 8.57. The van der Waals surface area contributed by atoms with Gasteiger partial charge in [0, 0.05) is 43.0 Å². The van der Waals surface area contributed by atoms with Crippen molar-refractivity contribution in [2.75, 3.05) is 19.5 Å². The summed E-state index contributed by atoms with van der Waals surface area (Å²) in [6.45, 7) is 5.33. The Labute approximate surface area is 144 Å². The number of hydrogen-bond acceptors (Lipinski definition) is 6. The highest BCUT2D eigenvalue weighted by Gasteiger charge is 2.17. The van der Waals surface area contributed by atoms with Crippen LogP contribution in [0.3, 0.4) is 0 Å². The van der Waals surface area contributed by atoms with Crippen molar-refractivity contribution in [1.29, 1.82) is 0 Å². The van der Waals surface area contributed by atoms with Gasteiger partial charge in [-0.25, -0.2) is 9.50 Å². The number of carbonyl (C=O) groups excluding carboxylic acids is 1. The molecule has 126 valence electrons. The summed E-state index contributed by atoms with van der Waals surface area (Å²) in [5.41, 5.74) is 2.78. The van der Waals surface area contributed by atoms with Gasteiger partial charge in [0.2, 0.25) is 5.16 Å². The number of aromatic nitrogens is 5. The second-order valence-electron chi connectivity index (χ2n) is 5.40. The molecule has 3 heterocycles. The molecule has 0 aliphatic heterocycles. The van der Waals surface area contributed by atoms with Gasteiger partial charge in [-0.15, -0.1) is 5.10 Å². The van der Waals surface area contributed by atoms with Gasteiger partial charge in [-0.05, 0) is 26.0 Å². The van der Waals surface area contributed by atoms with Crippen LogP contribution in [0.1, 0.15) is 21.7 Å². The molecule has 0 spiro atoms. The number of Topliss-reactive ketones (excluding diaryl/α,β-unsaturated/α-hetero) is 1. The highest BCUT2D eigenvalue weighted by molar-refractivity contribution is 7.99. The van der Waals surface area contributed by atoms with Crippen molar-refractivity contribution in [2.24, 2.45) is 0 Å². The standard InChI is InChI=1S/C16H19N5O2S/c1-11-9-13(12(2)20(11)7-8-23-3)14(22)10-24-16-18-15-17-5-4-6-21(15)19-16/h4-6,9H,7-8,10H2,1-3H3. The summed E-state index contributed by atoms with van der Waals surface area (Å²) < 4.78 is 8.83. The molecule has 7 nitrogen and oxygen atoms in total. The fourth-order valence-corrected chi connectivity index (χ4v) is 3.30. The summed E-state index contributed by atoms with van der Waals surface area (Å²) in [6, 6.07) is 3.72. The Kier molecular flexibility index (Phi) is 4.96. The zero-order valence-corrected chi connectivity index (χ0v) is 14.7. The predicted molar refractivity (Wildman–Crippen MR) is 91.6 cm³/mol. The van der Waals surface area contributed by atoms with E-state index in [9.17, 15) is 4.79 Å². The lowest BCUT2D eigenvalue weighted by Gasteiger charge is -2.08. The minimum atomic E-state index is 0.0728. The van der Waals surface area contributed by atoms with Crippen molar-refractivity contribution in [3.05, 3.63) is 41.5 Å².